The van der Waals surface area contributed by atoms with Crippen molar-refractivity contribution in [3.8, 4) is 5.75 Å². The molecule has 0 saturated heterocycles. The van der Waals surface area contributed by atoms with Gasteiger partial charge in [-0.15, -0.1) is 0 Å². The summed E-state index contributed by atoms with van der Waals surface area (Å²) >= 11 is 0. The smallest absolute Gasteiger partial charge is 0.410 e. The minimum atomic E-state index is -0.438. The molecule has 0 aliphatic rings. The van der Waals surface area contributed by atoms with Crippen molar-refractivity contribution >= 4 is 11.8 Å². The molecule has 0 heterocycles. The lowest BCUT2D eigenvalue weighted by atomic mass is 10.1. The van der Waals surface area contributed by atoms with Crippen LogP contribution in [0.15, 0.2) is 54.6 Å². The van der Waals surface area contributed by atoms with Crippen LogP contribution in [0.5, 0.6) is 5.75 Å². The number of nitrogens with zero attached hydrogens (tertiary/aromatic N) is 1. The summed E-state index contributed by atoms with van der Waals surface area (Å²) in [6, 6.07) is 16.5. The van der Waals surface area contributed by atoms with Gasteiger partial charge in [0.05, 0.1) is 5.69 Å². The van der Waals surface area contributed by atoms with Gasteiger partial charge in [-0.3, -0.25) is 4.90 Å². The molecule has 0 aliphatic carbocycles. The number of carbonyl (C=O) groups excluding carboxylic acids is 1. The van der Waals surface area contributed by atoms with Crippen LogP contribution in [0.3, 0.4) is 0 Å². The summed E-state index contributed by atoms with van der Waals surface area (Å²) in [6.45, 7) is 0.374. The van der Waals surface area contributed by atoms with E-state index in [1.807, 2.05) is 42.5 Å². The topological polar surface area (TPSA) is 55.6 Å². The molecule has 0 unspecified atom stereocenters. The van der Waals surface area contributed by atoms with E-state index in [1.165, 1.54) is 4.90 Å². The molecule has 0 spiro atoms. The number of carbonyl (C=O) groups is 1. The molecule has 19 heavy (non-hydrogen) atoms. The summed E-state index contributed by atoms with van der Waals surface area (Å²) in [6.07, 6.45) is -0.438. The maximum atomic E-state index is 12.0. The van der Waals surface area contributed by atoms with Gasteiger partial charge in [0.15, 0.2) is 0 Å². The number of amides is 1. The lowest BCUT2D eigenvalue weighted by Gasteiger charge is -2.19. The highest BCUT2D eigenvalue weighted by molar-refractivity contribution is 5.89. The van der Waals surface area contributed by atoms with Crippen molar-refractivity contribution in [1.82, 2.24) is 0 Å². The first-order valence-corrected chi connectivity index (χ1v) is 6.01. The average molecular weight is 256 g/mol. The molecular weight excluding hydrogens is 240 g/mol. The van der Waals surface area contributed by atoms with Crippen LogP contribution >= 0.6 is 0 Å². The third-order valence-corrected chi connectivity index (χ3v) is 2.80. The van der Waals surface area contributed by atoms with Crippen LogP contribution in [-0.2, 0) is 6.54 Å². The number of rotatable bonds is 3. The van der Waals surface area contributed by atoms with Crippen LogP contribution in [0.4, 0.5) is 10.5 Å². The van der Waals surface area contributed by atoms with Gasteiger partial charge in [-0.2, -0.15) is 0 Å². The molecule has 0 aromatic heterocycles. The van der Waals surface area contributed by atoms with E-state index in [-0.39, 0.29) is 0 Å². The SMILES string of the molecule is CN(C(=O)Oc1ccccc1)c1ccccc1CN. The summed E-state index contributed by atoms with van der Waals surface area (Å²) in [7, 11) is 1.67. The number of benzene rings is 2. The average Bonchev–Trinajstić information content (AvgIpc) is 2.47. The molecule has 1 amide bonds. The second-order valence-electron chi connectivity index (χ2n) is 4.07. The van der Waals surface area contributed by atoms with E-state index in [1.54, 1.807) is 19.2 Å². The Hall–Kier alpha value is -2.33. The molecule has 4 nitrogen and oxygen atoms in total. The van der Waals surface area contributed by atoms with Crippen LogP contribution < -0.4 is 15.4 Å². The molecule has 98 valence electrons. The minimum absolute atomic E-state index is 0.374. The lowest BCUT2D eigenvalue weighted by molar-refractivity contribution is 0.209. The van der Waals surface area contributed by atoms with Crippen molar-refractivity contribution < 1.29 is 9.53 Å². The second kappa shape index (κ2) is 6.02. The van der Waals surface area contributed by atoms with E-state index in [2.05, 4.69) is 0 Å². The predicted molar refractivity (Wildman–Crippen MR) is 75.2 cm³/mol. The Balaban J connectivity index is 2.15. The molecule has 2 aromatic rings. The Kier molecular flexibility index (Phi) is 4.15. The van der Waals surface area contributed by atoms with Crippen LogP contribution in [0, 0.1) is 0 Å². The largest absolute Gasteiger partial charge is 0.419 e. The van der Waals surface area contributed by atoms with Gasteiger partial charge in [-0.25, -0.2) is 4.79 Å². The fourth-order valence-corrected chi connectivity index (χ4v) is 1.77. The predicted octanol–water partition coefficient (Wildman–Crippen LogP) is 2.78. The van der Waals surface area contributed by atoms with E-state index in [0.717, 1.165) is 11.3 Å². The number of para-hydroxylation sites is 2. The summed E-state index contributed by atoms with van der Waals surface area (Å²) in [5.74, 6) is 0.518. The lowest BCUT2D eigenvalue weighted by Crippen LogP contribution is -2.30. The summed E-state index contributed by atoms with van der Waals surface area (Å²) < 4.78 is 5.28. The molecule has 0 fully saturated rings. The number of anilines is 1. The Morgan fingerprint density at radius 1 is 1.11 bits per heavy atom. The van der Waals surface area contributed by atoms with Gasteiger partial charge in [-0.05, 0) is 23.8 Å². The third kappa shape index (κ3) is 3.11. The van der Waals surface area contributed by atoms with Gasteiger partial charge in [0.1, 0.15) is 5.75 Å². The standard InChI is InChI=1S/C15H16N2O2/c1-17(14-10-6-5-7-12(14)11-16)15(18)19-13-8-3-2-4-9-13/h2-10H,11,16H2,1H3. The van der Waals surface area contributed by atoms with Gasteiger partial charge in [0, 0.05) is 13.6 Å². The molecular formula is C15H16N2O2. The molecule has 0 aliphatic heterocycles. The number of hydrogen-bond acceptors (Lipinski definition) is 3. The molecule has 2 N–H and O–H groups in total. The number of ether oxygens (including phenoxy) is 1. The van der Waals surface area contributed by atoms with Gasteiger partial charge in [-0.1, -0.05) is 36.4 Å². The van der Waals surface area contributed by atoms with Crippen molar-refractivity contribution in [1.29, 1.82) is 0 Å². The maximum absolute atomic E-state index is 12.0. The van der Waals surface area contributed by atoms with Crippen LogP contribution in [0.2, 0.25) is 0 Å². The fourth-order valence-electron chi connectivity index (χ4n) is 1.77. The minimum Gasteiger partial charge on any atom is -0.410 e. The third-order valence-electron chi connectivity index (χ3n) is 2.80. The second-order valence-corrected chi connectivity index (χ2v) is 4.07. The fraction of sp³-hybridized carbons (Fsp3) is 0.133. The Morgan fingerprint density at radius 3 is 2.42 bits per heavy atom. The molecule has 0 radical (unpaired) electrons. The first kappa shape index (κ1) is 13.1. The van der Waals surface area contributed by atoms with Crippen LogP contribution in [-0.4, -0.2) is 13.1 Å². The first-order valence-electron chi connectivity index (χ1n) is 6.01. The van der Waals surface area contributed by atoms with Crippen molar-refractivity contribution in [2.24, 2.45) is 5.73 Å². The van der Waals surface area contributed by atoms with E-state index < -0.39 is 6.09 Å². The Morgan fingerprint density at radius 2 is 1.74 bits per heavy atom. The van der Waals surface area contributed by atoms with E-state index in [9.17, 15) is 4.79 Å². The van der Waals surface area contributed by atoms with E-state index in [0.29, 0.717) is 12.3 Å². The first-order chi connectivity index (χ1) is 9.22. The van der Waals surface area contributed by atoms with Gasteiger partial charge < -0.3 is 10.5 Å². The summed E-state index contributed by atoms with van der Waals surface area (Å²) in [5.41, 5.74) is 7.32. The Labute approximate surface area is 112 Å². The van der Waals surface area contributed by atoms with Gasteiger partial charge in [0.2, 0.25) is 0 Å². The molecule has 0 saturated carbocycles. The zero-order valence-corrected chi connectivity index (χ0v) is 10.7. The zero-order chi connectivity index (χ0) is 13.7. The molecule has 2 aromatic carbocycles. The maximum Gasteiger partial charge on any atom is 0.419 e. The van der Waals surface area contributed by atoms with Crippen molar-refractivity contribution in [2.75, 3.05) is 11.9 Å². The summed E-state index contributed by atoms with van der Waals surface area (Å²) in [4.78, 5) is 13.5. The van der Waals surface area contributed by atoms with Gasteiger partial charge in [0.25, 0.3) is 0 Å². The number of nitrogens with two attached hydrogens (primary N) is 1. The molecule has 0 atom stereocenters. The molecule has 2 rings (SSSR count). The van der Waals surface area contributed by atoms with E-state index in [4.69, 9.17) is 10.5 Å². The monoisotopic (exact) mass is 256 g/mol. The quantitative estimate of drug-likeness (QED) is 0.918. The van der Waals surface area contributed by atoms with Crippen molar-refractivity contribution in [2.45, 2.75) is 6.54 Å². The van der Waals surface area contributed by atoms with Crippen molar-refractivity contribution in [3.05, 3.63) is 60.2 Å². The van der Waals surface area contributed by atoms with Gasteiger partial charge >= 0.3 is 6.09 Å². The van der Waals surface area contributed by atoms with Crippen molar-refractivity contribution in [3.63, 3.8) is 0 Å². The summed E-state index contributed by atoms with van der Waals surface area (Å²) in [5, 5.41) is 0. The highest BCUT2D eigenvalue weighted by Gasteiger charge is 2.15. The van der Waals surface area contributed by atoms with Crippen LogP contribution in [0.1, 0.15) is 5.56 Å². The Bertz CT molecular complexity index is 555. The zero-order valence-electron chi connectivity index (χ0n) is 10.7. The molecule has 4 heteroatoms. The van der Waals surface area contributed by atoms with Crippen LogP contribution in [0.25, 0.3) is 0 Å². The normalized spacial score (nSPS) is 10.0. The highest BCUT2D eigenvalue weighted by Crippen LogP contribution is 2.20. The highest BCUT2D eigenvalue weighted by atomic mass is 16.6. The number of hydrogen-bond donors (Lipinski definition) is 1. The van der Waals surface area contributed by atoms with E-state index >= 15 is 0 Å². The molecule has 0 bridgehead atoms.